The number of hydrogen-bond donors (Lipinski definition) is 1. The van der Waals surface area contributed by atoms with Crippen LogP contribution < -0.4 is 0 Å². The number of rotatable bonds is 5. The topological polar surface area (TPSA) is 37.3 Å². The first kappa shape index (κ1) is 13.9. The summed E-state index contributed by atoms with van der Waals surface area (Å²) < 4.78 is 37.1. The molecule has 94 valence electrons. The average Bonchev–Trinajstić information content (AvgIpc) is 2.23. The Morgan fingerprint density at radius 1 is 1.35 bits per heavy atom. The van der Waals surface area contributed by atoms with Crippen LogP contribution in [0.1, 0.15) is 11.1 Å². The second kappa shape index (κ2) is 5.95. The summed E-state index contributed by atoms with van der Waals surface area (Å²) in [4.78, 5) is 10.2. The van der Waals surface area contributed by atoms with Gasteiger partial charge in [0.1, 0.15) is 0 Å². The highest BCUT2D eigenvalue weighted by Gasteiger charge is 2.30. The van der Waals surface area contributed by atoms with Crippen LogP contribution in [0.5, 0.6) is 0 Å². The zero-order valence-electron chi connectivity index (χ0n) is 8.83. The summed E-state index contributed by atoms with van der Waals surface area (Å²) in [6, 6.07) is 5.09. The molecule has 0 saturated heterocycles. The molecule has 0 radical (unpaired) electrons. The highest BCUT2D eigenvalue weighted by molar-refractivity contribution is 7.99. The van der Waals surface area contributed by atoms with Crippen molar-refractivity contribution in [2.24, 2.45) is 0 Å². The number of alkyl halides is 3. The van der Waals surface area contributed by atoms with Gasteiger partial charge >= 0.3 is 12.1 Å². The predicted molar refractivity (Wildman–Crippen MR) is 60.1 cm³/mol. The molecule has 6 heteroatoms. The molecule has 0 fully saturated rings. The first-order valence-electron chi connectivity index (χ1n) is 4.85. The highest BCUT2D eigenvalue weighted by atomic mass is 32.2. The number of aliphatic carboxylic acids is 1. The van der Waals surface area contributed by atoms with Crippen LogP contribution in [0.3, 0.4) is 0 Å². The van der Waals surface area contributed by atoms with E-state index in [1.54, 1.807) is 6.07 Å². The van der Waals surface area contributed by atoms with Crippen LogP contribution in [0.2, 0.25) is 0 Å². The molecule has 0 heterocycles. The van der Waals surface area contributed by atoms with Crippen LogP contribution in [0, 0.1) is 0 Å². The highest BCUT2D eigenvalue weighted by Crippen LogP contribution is 2.29. The summed E-state index contributed by atoms with van der Waals surface area (Å²) in [5.74, 6) is -0.453. The van der Waals surface area contributed by atoms with Gasteiger partial charge in [-0.3, -0.25) is 4.79 Å². The van der Waals surface area contributed by atoms with Gasteiger partial charge in [-0.2, -0.15) is 13.2 Å². The molecule has 0 atom stereocenters. The summed E-state index contributed by atoms with van der Waals surface area (Å²) in [6.45, 7) is 0. The van der Waals surface area contributed by atoms with Crippen molar-refractivity contribution in [2.75, 3.05) is 11.5 Å². The lowest BCUT2D eigenvalue weighted by molar-refractivity contribution is -0.137. The van der Waals surface area contributed by atoms with E-state index in [-0.39, 0.29) is 5.75 Å². The molecule has 0 saturated carbocycles. The summed E-state index contributed by atoms with van der Waals surface area (Å²) in [5, 5.41) is 8.39. The van der Waals surface area contributed by atoms with Crippen molar-refractivity contribution in [3.8, 4) is 0 Å². The molecule has 0 unspecified atom stereocenters. The Morgan fingerprint density at radius 2 is 2.06 bits per heavy atom. The van der Waals surface area contributed by atoms with Gasteiger partial charge in [0.05, 0.1) is 11.3 Å². The molecule has 0 aliphatic heterocycles. The Morgan fingerprint density at radius 3 is 2.65 bits per heavy atom. The molecule has 1 N–H and O–H groups in total. The number of carbonyl (C=O) groups is 1. The van der Waals surface area contributed by atoms with E-state index in [0.29, 0.717) is 17.7 Å². The third-order valence-corrected chi connectivity index (χ3v) is 2.96. The lowest BCUT2D eigenvalue weighted by Gasteiger charge is -2.08. The third kappa shape index (κ3) is 5.12. The Kier molecular flexibility index (Phi) is 4.86. The Hall–Kier alpha value is -1.17. The molecule has 0 aliphatic carbocycles. The third-order valence-electron chi connectivity index (χ3n) is 2.01. The fourth-order valence-electron chi connectivity index (χ4n) is 1.25. The van der Waals surface area contributed by atoms with Crippen LogP contribution in [0.15, 0.2) is 24.3 Å². The maximum Gasteiger partial charge on any atom is 0.416 e. The van der Waals surface area contributed by atoms with Crippen LogP contribution in [-0.4, -0.2) is 22.6 Å². The van der Waals surface area contributed by atoms with Crippen LogP contribution >= 0.6 is 11.8 Å². The van der Waals surface area contributed by atoms with Crippen molar-refractivity contribution in [1.82, 2.24) is 0 Å². The molecule has 2 nitrogen and oxygen atoms in total. The lowest BCUT2D eigenvalue weighted by Crippen LogP contribution is -2.05. The first-order valence-corrected chi connectivity index (χ1v) is 6.01. The molecule has 1 aromatic rings. The van der Waals surface area contributed by atoms with E-state index in [9.17, 15) is 18.0 Å². The van der Waals surface area contributed by atoms with E-state index >= 15 is 0 Å². The largest absolute Gasteiger partial charge is 0.481 e. The maximum absolute atomic E-state index is 12.4. The van der Waals surface area contributed by atoms with Gasteiger partial charge in [0.2, 0.25) is 0 Å². The average molecular weight is 264 g/mol. The minimum Gasteiger partial charge on any atom is -0.481 e. The Labute approximate surface area is 101 Å². The maximum atomic E-state index is 12.4. The van der Waals surface area contributed by atoms with E-state index in [4.69, 9.17) is 5.11 Å². The predicted octanol–water partition coefficient (Wildman–Crippen LogP) is 3.07. The van der Waals surface area contributed by atoms with Gasteiger partial charge in [-0.25, -0.2) is 0 Å². The van der Waals surface area contributed by atoms with Gasteiger partial charge < -0.3 is 5.11 Å². The van der Waals surface area contributed by atoms with E-state index in [1.807, 2.05) is 0 Å². The number of halogens is 3. The van der Waals surface area contributed by atoms with Crippen molar-refractivity contribution >= 4 is 17.7 Å². The molecule has 1 rings (SSSR count). The normalized spacial score (nSPS) is 11.5. The van der Waals surface area contributed by atoms with E-state index in [1.165, 1.54) is 17.8 Å². The van der Waals surface area contributed by atoms with E-state index in [0.717, 1.165) is 12.1 Å². The smallest absolute Gasteiger partial charge is 0.416 e. The zero-order chi connectivity index (χ0) is 12.9. The number of aryl methyl sites for hydroxylation is 1. The Bertz CT molecular complexity index is 391. The monoisotopic (exact) mass is 264 g/mol. The molecular formula is C11H11F3O2S. The van der Waals surface area contributed by atoms with Gasteiger partial charge in [-0.05, 0) is 23.8 Å². The zero-order valence-corrected chi connectivity index (χ0v) is 9.64. The van der Waals surface area contributed by atoms with Gasteiger partial charge in [-0.1, -0.05) is 18.2 Å². The number of hydrogen-bond acceptors (Lipinski definition) is 2. The standard InChI is InChI=1S/C11H11F3O2S/c12-11(13,14)9-3-1-2-8(6-9)4-5-17-7-10(15)16/h1-3,6H,4-5,7H2,(H,15,16). The van der Waals surface area contributed by atoms with Gasteiger partial charge in [0, 0.05) is 0 Å². The molecule has 0 aliphatic rings. The van der Waals surface area contributed by atoms with Crippen molar-refractivity contribution in [3.63, 3.8) is 0 Å². The molecule has 1 aromatic carbocycles. The molecule has 0 aromatic heterocycles. The van der Waals surface area contributed by atoms with Crippen molar-refractivity contribution < 1.29 is 23.1 Å². The molecule has 0 amide bonds. The fraction of sp³-hybridized carbons (Fsp3) is 0.364. The lowest BCUT2D eigenvalue weighted by atomic mass is 10.1. The summed E-state index contributed by atoms with van der Waals surface area (Å²) >= 11 is 1.19. The first-order chi connectivity index (χ1) is 7.89. The second-order valence-electron chi connectivity index (χ2n) is 3.39. The molecule has 0 spiro atoms. The quantitative estimate of drug-likeness (QED) is 0.830. The molecular weight excluding hydrogens is 253 g/mol. The number of carboxylic acid groups (broad SMARTS) is 1. The Balaban J connectivity index is 2.52. The molecule has 0 bridgehead atoms. The second-order valence-corrected chi connectivity index (χ2v) is 4.50. The van der Waals surface area contributed by atoms with Crippen LogP contribution in [0.25, 0.3) is 0 Å². The van der Waals surface area contributed by atoms with E-state index in [2.05, 4.69) is 0 Å². The van der Waals surface area contributed by atoms with Crippen molar-refractivity contribution in [3.05, 3.63) is 35.4 Å². The summed E-state index contributed by atoms with van der Waals surface area (Å²) in [5.41, 5.74) is -0.101. The van der Waals surface area contributed by atoms with Gasteiger partial charge in [-0.15, -0.1) is 11.8 Å². The summed E-state index contributed by atoms with van der Waals surface area (Å²) in [6.07, 6.45) is -3.90. The minimum atomic E-state index is -4.33. The van der Waals surface area contributed by atoms with Crippen LogP contribution in [-0.2, 0) is 17.4 Å². The van der Waals surface area contributed by atoms with Crippen LogP contribution in [0.4, 0.5) is 13.2 Å². The van der Waals surface area contributed by atoms with Gasteiger partial charge in [0.25, 0.3) is 0 Å². The SMILES string of the molecule is O=C(O)CSCCc1cccc(C(F)(F)F)c1. The minimum absolute atomic E-state index is 0.0288. The number of benzene rings is 1. The number of thioether (sulfide) groups is 1. The molecule has 17 heavy (non-hydrogen) atoms. The van der Waals surface area contributed by atoms with Crippen molar-refractivity contribution in [2.45, 2.75) is 12.6 Å². The van der Waals surface area contributed by atoms with Crippen molar-refractivity contribution in [1.29, 1.82) is 0 Å². The summed E-state index contributed by atoms with van der Waals surface area (Å²) in [7, 11) is 0. The van der Waals surface area contributed by atoms with E-state index < -0.39 is 17.7 Å². The number of carboxylic acids is 1. The van der Waals surface area contributed by atoms with Gasteiger partial charge in [0.15, 0.2) is 0 Å². The fourth-order valence-corrected chi connectivity index (χ4v) is 1.95.